The monoisotopic (exact) mass is 369 g/mol. The Morgan fingerprint density at radius 3 is 2.74 bits per heavy atom. The zero-order valence-corrected chi connectivity index (χ0v) is 14.3. The van der Waals surface area contributed by atoms with Crippen LogP contribution in [0, 0.1) is 0 Å². The number of carbonyl (C=O) groups excluding carboxylic acids is 1. The summed E-state index contributed by atoms with van der Waals surface area (Å²) < 4.78 is 7.87. The number of benzene rings is 2. The van der Waals surface area contributed by atoms with Gasteiger partial charge in [0.1, 0.15) is 0 Å². The number of fused-ring (bicyclic) bond motifs is 1. The third kappa shape index (κ3) is 3.54. The summed E-state index contributed by atoms with van der Waals surface area (Å²) >= 11 is 3.51. The molecular formula is C19H16BrNO2. The molecule has 0 aliphatic carbocycles. The third-order valence-electron chi connectivity index (χ3n) is 3.67. The standard InChI is InChI=1S/C19H16BrNO2/c1-23-19(22)10-7-15-13-21(12-14-5-3-2-4-6-14)18-9-8-16(20)11-17(15)18/h2-11,13H,12H2,1H3/b10-7+. The van der Waals surface area contributed by atoms with Gasteiger partial charge in [-0.3, -0.25) is 0 Å². The number of esters is 1. The van der Waals surface area contributed by atoms with E-state index in [2.05, 4.69) is 55.7 Å². The van der Waals surface area contributed by atoms with E-state index in [4.69, 9.17) is 0 Å². The molecule has 3 nitrogen and oxygen atoms in total. The highest BCUT2D eigenvalue weighted by Crippen LogP contribution is 2.27. The zero-order valence-electron chi connectivity index (χ0n) is 12.7. The number of rotatable bonds is 4. The molecule has 2 aromatic carbocycles. The molecule has 0 bridgehead atoms. The summed E-state index contributed by atoms with van der Waals surface area (Å²) in [5.41, 5.74) is 3.35. The summed E-state index contributed by atoms with van der Waals surface area (Å²) in [5, 5.41) is 1.09. The third-order valence-corrected chi connectivity index (χ3v) is 4.16. The molecule has 4 heteroatoms. The Morgan fingerprint density at radius 2 is 2.00 bits per heavy atom. The Bertz CT molecular complexity index is 866. The predicted molar refractivity (Wildman–Crippen MR) is 96.2 cm³/mol. The van der Waals surface area contributed by atoms with Crippen molar-refractivity contribution in [3.63, 3.8) is 0 Å². The number of nitrogens with zero attached hydrogens (tertiary/aromatic N) is 1. The molecule has 0 aliphatic rings. The van der Waals surface area contributed by atoms with Gasteiger partial charge in [-0.2, -0.15) is 0 Å². The van der Waals surface area contributed by atoms with Crippen molar-refractivity contribution < 1.29 is 9.53 Å². The van der Waals surface area contributed by atoms with Crippen LogP contribution in [0.3, 0.4) is 0 Å². The molecule has 0 unspecified atom stereocenters. The van der Waals surface area contributed by atoms with Crippen LogP contribution in [0.5, 0.6) is 0 Å². The summed E-state index contributed by atoms with van der Waals surface area (Å²) in [5.74, 6) is -0.357. The van der Waals surface area contributed by atoms with Crippen molar-refractivity contribution in [2.45, 2.75) is 6.54 Å². The van der Waals surface area contributed by atoms with Crippen molar-refractivity contribution in [1.82, 2.24) is 4.57 Å². The molecule has 0 atom stereocenters. The molecule has 3 aromatic rings. The average Bonchev–Trinajstić information content (AvgIpc) is 2.90. The van der Waals surface area contributed by atoms with Crippen LogP contribution in [0.4, 0.5) is 0 Å². The van der Waals surface area contributed by atoms with E-state index in [0.29, 0.717) is 0 Å². The van der Waals surface area contributed by atoms with Gasteiger partial charge in [-0.1, -0.05) is 46.3 Å². The molecule has 116 valence electrons. The molecule has 3 rings (SSSR count). The number of methoxy groups -OCH3 is 1. The lowest BCUT2D eigenvalue weighted by atomic mass is 10.1. The fourth-order valence-corrected chi connectivity index (χ4v) is 2.93. The van der Waals surface area contributed by atoms with E-state index >= 15 is 0 Å². The molecular weight excluding hydrogens is 354 g/mol. The molecule has 1 heterocycles. The molecule has 0 saturated heterocycles. The van der Waals surface area contributed by atoms with Gasteiger partial charge >= 0.3 is 5.97 Å². The molecule has 0 aliphatic heterocycles. The van der Waals surface area contributed by atoms with Crippen LogP contribution in [0.25, 0.3) is 17.0 Å². The average molecular weight is 370 g/mol. The first-order valence-corrected chi connectivity index (χ1v) is 8.05. The van der Waals surface area contributed by atoms with Gasteiger partial charge in [-0.05, 0) is 29.8 Å². The predicted octanol–water partition coefficient (Wildman–Crippen LogP) is 4.64. The van der Waals surface area contributed by atoms with Gasteiger partial charge in [0.15, 0.2) is 0 Å². The highest BCUT2D eigenvalue weighted by molar-refractivity contribution is 9.10. The molecule has 1 aromatic heterocycles. The lowest BCUT2D eigenvalue weighted by Gasteiger charge is -2.05. The van der Waals surface area contributed by atoms with Gasteiger partial charge in [0.2, 0.25) is 0 Å². The van der Waals surface area contributed by atoms with Crippen LogP contribution in [0.1, 0.15) is 11.1 Å². The minimum absolute atomic E-state index is 0.357. The van der Waals surface area contributed by atoms with Gasteiger partial charge in [-0.25, -0.2) is 4.79 Å². The summed E-state index contributed by atoms with van der Waals surface area (Å²) in [6, 6.07) is 16.5. The van der Waals surface area contributed by atoms with E-state index in [-0.39, 0.29) is 5.97 Å². The van der Waals surface area contributed by atoms with Gasteiger partial charge in [-0.15, -0.1) is 0 Å². The van der Waals surface area contributed by atoms with Gasteiger partial charge in [0.05, 0.1) is 7.11 Å². The number of aromatic nitrogens is 1. The number of hydrogen-bond acceptors (Lipinski definition) is 2. The van der Waals surface area contributed by atoms with E-state index in [0.717, 1.165) is 27.5 Å². The first-order chi connectivity index (χ1) is 11.2. The van der Waals surface area contributed by atoms with Crippen molar-refractivity contribution in [3.8, 4) is 0 Å². The quantitative estimate of drug-likeness (QED) is 0.495. The van der Waals surface area contributed by atoms with E-state index in [1.165, 1.54) is 18.7 Å². The first-order valence-electron chi connectivity index (χ1n) is 7.26. The maximum absolute atomic E-state index is 11.4. The van der Waals surface area contributed by atoms with Crippen molar-refractivity contribution in [1.29, 1.82) is 0 Å². The lowest BCUT2D eigenvalue weighted by Crippen LogP contribution is -1.97. The van der Waals surface area contributed by atoms with Crippen molar-refractivity contribution in [2.24, 2.45) is 0 Å². The molecule has 23 heavy (non-hydrogen) atoms. The Morgan fingerprint density at radius 1 is 1.22 bits per heavy atom. The zero-order chi connectivity index (χ0) is 16.2. The Hall–Kier alpha value is -2.33. The number of hydrogen-bond donors (Lipinski definition) is 0. The highest BCUT2D eigenvalue weighted by atomic mass is 79.9. The Kier molecular flexibility index (Phi) is 4.63. The van der Waals surface area contributed by atoms with E-state index in [1.54, 1.807) is 6.08 Å². The van der Waals surface area contributed by atoms with Crippen LogP contribution in [-0.4, -0.2) is 17.6 Å². The molecule has 0 radical (unpaired) electrons. The maximum atomic E-state index is 11.4. The second-order valence-electron chi connectivity index (χ2n) is 5.22. The largest absolute Gasteiger partial charge is 0.466 e. The first kappa shape index (κ1) is 15.6. The van der Waals surface area contributed by atoms with E-state index in [9.17, 15) is 4.79 Å². The second kappa shape index (κ2) is 6.84. The van der Waals surface area contributed by atoms with Crippen LogP contribution >= 0.6 is 15.9 Å². The smallest absolute Gasteiger partial charge is 0.330 e. The number of ether oxygens (including phenoxy) is 1. The highest BCUT2D eigenvalue weighted by Gasteiger charge is 2.08. The van der Waals surface area contributed by atoms with Gasteiger partial charge < -0.3 is 9.30 Å². The molecule has 0 spiro atoms. The van der Waals surface area contributed by atoms with Gasteiger partial charge in [0.25, 0.3) is 0 Å². The van der Waals surface area contributed by atoms with E-state index < -0.39 is 0 Å². The minimum Gasteiger partial charge on any atom is -0.466 e. The fourth-order valence-electron chi connectivity index (χ4n) is 2.57. The summed E-state index contributed by atoms with van der Waals surface area (Å²) in [6.07, 6.45) is 5.30. The van der Waals surface area contributed by atoms with Crippen LogP contribution in [0.2, 0.25) is 0 Å². The van der Waals surface area contributed by atoms with E-state index in [1.807, 2.05) is 24.3 Å². The number of carbonyl (C=O) groups is 1. The van der Waals surface area contributed by atoms with Crippen LogP contribution < -0.4 is 0 Å². The van der Waals surface area contributed by atoms with Crippen molar-refractivity contribution in [2.75, 3.05) is 7.11 Å². The van der Waals surface area contributed by atoms with Crippen LogP contribution in [0.15, 0.2) is 65.3 Å². The SMILES string of the molecule is COC(=O)/C=C/c1cn(Cc2ccccc2)c2ccc(Br)cc12. The Labute approximate surface area is 143 Å². The second-order valence-corrected chi connectivity index (χ2v) is 6.13. The van der Waals surface area contributed by atoms with Gasteiger partial charge in [0, 0.05) is 39.8 Å². The Balaban J connectivity index is 2.05. The molecule has 0 amide bonds. The van der Waals surface area contributed by atoms with Crippen molar-refractivity contribution in [3.05, 3.63) is 76.4 Å². The minimum atomic E-state index is -0.357. The molecule has 0 fully saturated rings. The number of halogens is 1. The molecule has 0 N–H and O–H groups in total. The van der Waals surface area contributed by atoms with Crippen LogP contribution in [-0.2, 0) is 16.1 Å². The molecule has 0 saturated carbocycles. The normalized spacial score (nSPS) is 11.2. The maximum Gasteiger partial charge on any atom is 0.330 e. The lowest BCUT2D eigenvalue weighted by molar-refractivity contribution is -0.134. The van der Waals surface area contributed by atoms with Crippen molar-refractivity contribution >= 4 is 38.9 Å². The summed E-state index contributed by atoms with van der Waals surface area (Å²) in [6.45, 7) is 0.783. The summed E-state index contributed by atoms with van der Waals surface area (Å²) in [4.78, 5) is 11.4. The topological polar surface area (TPSA) is 31.2 Å². The fraction of sp³-hybridized carbons (Fsp3) is 0.105. The summed E-state index contributed by atoms with van der Waals surface area (Å²) in [7, 11) is 1.38.